The zero-order chi connectivity index (χ0) is 9.71. The van der Waals surface area contributed by atoms with Crippen molar-refractivity contribution in [1.82, 2.24) is 4.90 Å². The third-order valence-electron chi connectivity index (χ3n) is 3.94. The second kappa shape index (κ2) is 3.67. The molecule has 0 aromatic rings. The molecule has 82 valence electrons. The minimum absolute atomic E-state index is 0. The molecule has 4 bridgehead atoms. The lowest BCUT2D eigenvalue weighted by Gasteiger charge is -2.53. The highest BCUT2D eigenvalue weighted by molar-refractivity contribution is 5.81. The lowest BCUT2D eigenvalue weighted by molar-refractivity contribution is -0.131. The van der Waals surface area contributed by atoms with Gasteiger partial charge in [-0.1, -0.05) is 5.57 Å². The second-order valence-corrected chi connectivity index (χ2v) is 4.93. The van der Waals surface area contributed by atoms with Gasteiger partial charge in [-0.25, -0.2) is 4.79 Å². The van der Waals surface area contributed by atoms with Crippen LogP contribution in [0, 0.1) is 17.8 Å². The average Bonchev–Trinajstić information content (AvgIpc) is 2.09. The van der Waals surface area contributed by atoms with Crippen LogP contribution < -0.4 is 0 Å². The Morgan fingerprint density at radius 1 is 1.27 bits per heavy atom. The molecule has 1 aliphatic carbocycles. The van der Waals surface area contributed by atoms with Gasteiger partial charge >= 0.3 is 5.97 Å². The molecule has 1 saturated carbocycles. The summed E-state index contributed by atoms with van der Waals surface area (Å²) in [5.74, 6) is 1.19. The predicted octanol–water partition coefficient (Wildman–Crippen LogP) is -0.215. The molecule has 0 spiro atoms. The van der Waals surface area contributed by atoms with Gasteiger partial charge in [-0.2, -0.15) is 0 Å². The smallest absolute Gasteiger partial charge is 0.328 e. The molecule has 0 aromatic heterocycles. The maximum absolute atomic E-state index is 10.7. The Morgan fingerprint density at radius 2 is 1.87 bits per heavy atom. The van der Waals surface area contributed by atoms with Gasteiger partial charge in [-0.3, -0.25) is 0 Å². The number of nitrogens with zero attached hydrogens (tertiary/aromatic N) is 1. The fourth-order valence-electron chi connectivity index (χ4n) is 3.61. The van der Waals surface area contributed by atoms with Crippen LogP contribution in [0.1, 0.15) is 12.8 Å². The molecule has 15 heavy (non-hydrogen) atoms. The van der Waals surface area contributed by atoms with Gasteiger partial charge in [0, 0.05) is 25.7 Å². The molecule has 4 fully saturated rings. The van der Waals surface area contributed by atoms with Crippen molar-refractivity contribution in [2.75, 3.05) is 19.6 Å². The molecule has 3 heterocycles. The van der Waals surface area contributed by atoms with Gasteiger partial charge in [0.2, 0.25) is 0 Å². The van der Waals surface area contributed by atoms with Gasteiger partial charge in [0.1, 0.15) is 0 Å². The molecule has 4 rings (SSSR count). The van der Waals surface area contributed by atoms with E-state index in [1.807, 2.05) is 0 Å². The Kier molecular flexibility index (Phi) is 2.63. The summed E-state index contributed by atoms with van der Waals surface area (Å²) in [6.45, 7) is 3.46. The summed E-state index contributed by atoms with van der Waals surface area (Å²) in [5, 5.41) is 8.81. The first-order chi connectivity index (χ1) is 6.72. The van der Waals surface area contributed by atoms with E-state index in [4.69, 9.17) is 5.11 Å². The number of piperidine rings is 3. The van der Waals surface area contributed by atoms with Crippen molar-refractivity contribution in [2.24, 2.45) is 17.8 Å². The molecule has 2 atom stereocenters. The monoisotopic (exact) mass is 207 g/mol. The third-order valence-corrected chi connectivity index (χ3v) is 3.94. The molecule has 4 heteroatoms. The van der Waals surface area contributed by atoms with Crippen LogP contribution in [0.25, 0.3) is 0 Å². The van der Waals surface area contributed by atoms with Crippen LogP contribution in [-0.2, 0) is 4.79 Å². The van der Waals surface area contributed by atoms with E-state index in [0.717, 1.165) is 19.0 Å². The number of hydrogen-bond donors (Lipinski definition) is 1. The van der Waals surface area contributed by atoms with Crippen molar-refractivity contribution < 1.29 is 9.90 Å². The van der Waals surface area contributed by atoms with E-state index in [2.05, 4.69) is 4.90 Å². The molecule has 2 unspecified atom stereocenters. The van der Waals surface area contributed by atoms with Gasteiger partial charge in [-0.15, -0.1) is 0 Å². The zero-order valence-electron chi connectivity index (χ0n) is 8.15. The van der Waals surface area contributed by atoms with Crippen molar-refractivity contribution >= 4 is 14.4 Å². The highest BCUT2D eigenvalue weighted by Crippen LogP contribution is 2.46. The largest absolute Gasteiger partial charge is 0.478 e. The van der Waals surface area contributed by atoms with Crippen LogP contribution in [0.4, 0.5) is 0 Å². The molecule has 3 aliphatic heterocycles. The molecular weight excluding hydrogens is 189 g/mol. The first kappa shape index (κ1) is 10.7. The summed E-state index contributed by atoms with van der Waals surface area (Å²) in [4.78, 5) is 13.2. The first-order valence-corrected chi connectivity index (χ1v) is 5.39. The van der Waals surface area contributed by atoms with Crippen molar-refractivity contribution in [3.8, 4) is 0 Å². The van der Waals surface area contributed by atoms with E-state index in [9.17, 15) is 4.79 Å². The van der Waals surface area contributed by atoms with E-state index < -0.39 is 5.97 Å². The molecule has 0 radical (unpaired) electrons. The lowest BCUT2D eigenvalue weighted by Crippen LogP contribution is -2.54. The van der Waals surface area contributed by atoms with Crippen molar-refractivity contribution in [2.45, 2.75) is 12.8 Å². The summed E-state index contributed by atoms with van der Waals surface area (Å²) in [6, 6.07) is 0. The third kappa shape index (κ3) is 1.71. The number of carbonyl (C=O) groups is 1. The van der Waals surface area contributed by atoms with Gasteiger partial charge in [0.05, 0.1) is 8.41 Å². The predicted molar refractivity (Wildman–Crippen MR) is 61.8 cm³/mol. The topological polar surface area (TPSA) is 40.5 Å². The quantitative estimate of drug-likeness (QED) is 0.477. The van der Waals surface area contributed by atoms with Crippen LogP contribution in [0.5, 0.6) is 0 Å². The average molecular weight is 207 g/mol. The molecule has 0 amide bonds. The van der Waals surface area contributed by atoms with Gasteiger partial charge in [0.15, 0.2) is 0 Å². The maximum atomic E-state index is 10.7. The lowest BCUT2D eigenvalue weighted by atomic mass is 9.65. The van der Waals surface area contributed by atoms with Crippen LogP contribution in [0.3, 0.4) is 0 Å². The fourth-order valence-corrected chi connectivity index (χ4v) is 3.61. The van der Waals surface area contributed by atoms with E-state index in [-0.39, 0.29) is 8.41 Å². The molecule has 0 aromatic carbocycles. The molecule has 1 N–H and O–H groups in total. The van der Waals surface area contributed by atoms with E-state index in [1.165, 1.54) is 31.0 Å². The maximum Gasteiger partial charge on any atom is 0.328 e. The standard InChI is InChI=1S/C11H15NO2.BH3/c13-11(14)3-10-8-1-7-2-9(10)6-12(4-7)5-8;/h3,7-9H,1-2,4-6H2,(H,13,14);1H3. The molecule has 3 saturated heterocycles. The Hall–Kier alpha value is -0.765. The zero-order valence-corrected chi connectivity index (χ0v) is 8.15. The second-order valence-electron chi connectivity index (χ2n) is 4.93. The molecular formula is C11H18BNO2. The Morgan fingerprint density at radius 3 is 2.33 bits per heavy atom. The highest BCUT2D eigenvalue weighted by atomic mass is 16.4. The summed E-state index contributed by atoms with van der Waals surface area (Å²) in [5.41, 5.74) is 1.23. The van der Waals surface area contributed by atoms with Crippen LogP contribution in [0.15, 0.2) is 11.6 Å². The highest BCUT2D eigenvalue weighted by Gasteiger charge is 2.44. The minimum Gasteiger partial charge on any atom is -0.478 e. The van der Waals surface area contributed by atoms with Gasteiger partial charge < -0.3 is 10.0 Å². The molecule has 3 nitrogen and oxygen atoms in total. The Balaban J connectivity index is 0.000000853. The van der Waals surface area contributed by atoms with Crippen molar-refractivity contribution in [3.05, 3.63) is 11.6 Å². The summed E-state index contributed by atoms with van der Waals surface area (Å²) >= 11 is 0. The number of aliphatic carboxylic acids is 1. The fraction of sp³-hybridized carbons (Fsp3) is 0.727. The normalized spacial score (nSPS) is 41.2. The van der Waals surface area contributed by atoms with Crippen LogP contribution in [0.2, 0.25) is 0 Å². The van der Waals surface area contributed by atoms with Crippen LogP contribution >= 0.6 is 0 Å². The summed E-state index contributed by atoms with van der Waals surface area (Å²) in [7, 11) is 0. The SMILES string of the molecule is B.O=C(O)C=C1C2CC3CC1CN(C3)C2. The molecule has 4 aliphatic rings. The first-order valence-electron chi connectivity index (χ1n) is 5.39. The Labute approximate surface area is 91.7 Å². The van der Waals surface area contributed by atoms with Crippen LogP contribution in [-0.4, -0.2) is 44.0 Å². The summed E-state index contributed by atoms with van der Waals surface area (Å²) in [6.07, 6.45) is 3.94. The number of carboxylic acid groups (broad SMARTS) is 1. The van der Waals surface area contributed by atoms with Crippen molar-refractivity contribution in [1.29, 1.82) is 0 Å². The van der Waals surface area contributed by atoms with Gasteiger partial charge in [-0.05, 0) is 30.6 Å². The van der Waals surface area contributed by atoms with E-state index in [0.29, 0.717) is 11.8 Å². The number of carboxylic acids is 1. The van der Waals surface area contributed by atoms with E-state index in [1.54, 1.807) is 0 Å². The number of hydrogen-bond acceptors (Lipinski definition) is 2. The van der Waals surface area contributed by atoms with Crippen molar-refractivity contribution in [3.63, 3.8) is 0 Å². The summed E-state index contributed by atoms with van der Waals surface area (Å²) < 4.78 is 0. The minimum atomic E-state index is -0.762. The Bertz CT molecular complexity index is 284. The number of rotatable bonds is 1. The van der Waals surface area contributed by atoms with E-state index >= 15 is 0 Å². The van der Waals surface area contributed by atoms with Gasteiger partial charge in [0.25, 0.3) is 0 Å².